The van der Waals surface area contributed by atoms with Crippen molar-refractivity contribution in [2.45, 2.75) is 6.42 Å². The van der Waals surface area contributed by atoms with Crippen LogP contribution in [0.1, 0.15) is 6.42 Å². The standard InChI is InChI=1S/C5H6O3/c1-2-3-5(7)8-4-6/h2,4H,1,3H2. The van der Waals surface area contributed by atoms with Gasteiger partial charge < -0.3 is 4.74 Å². The van der Waals surface area contributed by atoms with E-state index in [0.717, 1.165) is 0 Å². The van der Waals surface area contributed by atoms with Crippen LogP contribution in [0, 0.1) is 0 Å². The van der Waals surface area contributed by atoms with E-state index in [1.165, 1.54) is 6.08 Å². The molecule has 0 aliphatic carbocycles. The third-order valence-corrected chi connectivity index (χ3v) is 0.491. The molecule has 0 N–H and O–H groups in total. The third kappa shape index (κ3) is 3.08. The smallest absolute Gasteiger partial charge is 0.317 e. The highest BCUT2D eigenvalue weighted by molar-refractivity contribution is 5.77. The second kappa shape index (κ2) is 4.05. The van der Waals surface area contributed by atoms with E-state index in [1.54, 1.807) is 0 Å². The molecule has 0 fully saturated rings. The van der Waals surface area contributed by atoms with Gasteiger partial charge in [-0.15, -0.1) is 6.58 Å². The van der Waals surface area contributed by atoms with Gasteiger partial charge in [-0.2, -0.15) is 0 Å². The van der Waals surface area contributed by atoms with E-state index in [0.29, 0.717) is 0 Å². The second-order valence-corrected chi connectivity index (χ2v) is 1.08. The van der Waals surface area contributed by atoms with Crippen LogP contribution in [-0.4, -0.2) is 12.4 Å². The highest BCUT2D eigenvalue weighted by Gasteiger charge is 1.94. The Bertz CT molecular complexity index is 94.2. The van der Waals surface area contributed by atoms with E-state index in [-0.39, 0.29) is 12.9 Å². The first-order valence-corrected chi connectivity index (χ1v) is 2.05. The maximum Gasteiger partial charge on any atom is 0.317 e. The number of rotatable bonds is 3. The summed E-state index contributed by atoms with van der Waals surface area (Å²) < 4.78 is 3.89. The average molecular weight is 114 g/mol. The summed E-state index contributed by atoms with van der Waals surface area (Å²) in [7, 11) is 0. The lowest BCUT2D eigenvalue weighted by molar-refractivity contribution is -0.150. The molecule has 44 valence electrons. The van der Waals surface area contributed by atoms with E-state index in [4.69, 9.17) is 0 Å². The largest absolute Gasteiger partial charge is 0.395 e. The molecular weight excluding hydrogens is 108 g/mol. The minimum absolute atomic E-state index is 0.0821. The first-order chi connectivity index (χ1) is 3.81. The van der Waals surface area contributed by atoms with Crippen LogP contribution < -0.4 is 0 Å². The van der Waals surface area contributed by atoms with Gasteiger partial charge in [-0.25, -0.2) is 0 Å². The van der Waals surface area contributed by atoms with Gasteiger partial charge in [0.2, 0.25) is 0 Å². The lowest BCUT2D eigenvalue weighted by Gasteiger charge is -1.86. The molecule has 0 spiro atoms. The van der Waals surface area contributed by atoms with Crippen LogP contribution in [0.3, 0.4) is 0 Å². The number of carbonyl (C=O) groups is 2. The Morgan fingerprint density at radius 2 is 2.38 bits per heavy atom. The summed E-state index contributed by atoms with van der Waals surface area (Å²) in [5.41, 5.74) is 0. The summed E-state index contributed by atoms with van der Waals surface area (Å²) in [6.45, 7) is 3.37. The van der Waals surface area contributed by atoms with Crippen molar-refractivity contribution in [3.63, 3.8) is 0 Å². The van der Waals surface area contributed by atoms with E-state index < -0.39 is 5.97 Å². The van der Waals surface area contributed by atoms with Crippen molar-refractivity contribution >= 4 is 12.4 Å². The maximum absolute atomic E-state index is 10.1. The third-order valence-electron chi connectivity index (χ3n) is 0.491. The Labute approximate surface area is 46.9 Å². The molecule has 0 saturated heterocycles. The van der Waals surface area contributed by atoms with E-state index in [1.807, 2.05) is 0 Å². The lowest BCUT2D eigenvalue weighted by atomic mass is 10.4. The molecule has 0 radical (unpaired) electrons. The molecule has 0 saturated carbocycles. The summed E-state index contributed by atoms with van der Waals surface area (Å²) in [4.78, 5) is 19.5. The Kier molecular flexibility index (Phi) is 3.48. The SMILES string of the molecule is C=CCC(=O)OC=O. The minimum atomic E-state index is -0.574. The first kappa shape index (κ1) is 6.88. The highest BCUT2D eigenvalue weighted by Crippen LogP contribution is 1.81. The van der Waals surface area contributed by atoms with E-state index >= 15 is 0 Å². The van der Waals surface area contributed by atoms with Gasteiger partial charge in [-0.1, -0.05) is 6.08 Å². The molecule has 0 aliphatic rings. The fraction of sp³-hybridized carbons (Fsp3) is 0.200. The summed E-state index contributed by atoms with van der Waals surface area (Å²) in [5.74, 6) is -0.574. The average Bonchev–Trinajstić information content (AvgIpc) is 1.68. The topological polar surface area (TPSA) is 43.4 Å². The van der Waals surface area contributed by atoms with Gasteiger partial charge in [0.05, 0.1) is 6.42 Å². The molecule has 0 atom stereocenters. The van der Waals surface area contributed by atoms with E-state index in [2.05, 4.69) is 11.3 Å². The predicted octanol–water partition coefficient (Wildman–Crippen LogP) is 0.262. The van der Waals surface area contributed by atoms with Crippen LogP contribution in [0.25, 0.3) is 0 Å². The van der Waals surface area contributed by atoms with E-state index in [9.17, 15) is 9.59 Å². The second-order valence-electron chi connectivity index (χ2n) is 1.08. The highest BCUT2D eigenvalue weighted by atomic mass is 16.6. The first-order valence-electron chi connectivity index (χ1n) is 2.05. The summed E-state index contributed by atoms with van der Waals surface area (Å²) >= 11 is 0. The Morgan fingerprint density at radius 3 is 2.75 bits per heavy atom. The fourth-order valence-electron chi connectivity index (χ4n) is 0.220. The Hall–Kier alpha value is -1.12. The molecule has 8 heavy (non-hydrogen) atoms. The van der Waals surface area contributed by atoms with Crippen molar-refractivity contribution in [2.24, 2.45) is 0 Å². The van der Waals surface area contributed by atoms with Gasteiger partial charge in [-0.3, -0.25) is 9.59 Å². The van der Waals surface area contributed by atoms with Crippen molar-refractivity contribution in [3.8, 4) is 0 Å². The number of esters is 1. The predicted molar refractivity (Wildman–Crippen MR) is 27.0 cm³/mol. The molecular formula is C5H6O3. The van der Waals surface area contributed by atoms with Crippen molar-refractivity contribution in [3.05, 3.63) is 12.7 Å². The molecule has 0 aromatic heterocycles. The van der Waals surface area contributed by atoms with Gasteiger partial charge in [0.15, 0.2) is 0 Å². The van der Waals surface area contributed by atoms with Crippen LogP contribution >= 0.6 is 0 Å². The van der Waals surface area contributed by atoms with Crippen molar-refractivity contribution in [2.75, 3.05) is 0 Å². The molecule has 3 heteroatoms. The molecule has 0 aromatic rings. The van der Waals surface area contributed by atoms with Crippen LogP contribution in [0.15, 0.2) is 12.7 Å². The summed E-state index contributed by atoms with van der Waals surface area (Å²) in [5, 5.41) is 0. The van der Waals surface area contributed by atoms with Gasteiger partial charge in [0.25, 0.3) is 0 Å². The normalized spacial score (nSPS) is 7.50. The Morgan fingerprint density at radius 1 is 1.75 bits per heavy atom. The zero-order valence-electron chi connectivity index (χ0n) is 4.29. The number of hydrogen-bond donors (Lipinski definition) is 0. The number of ether oxygens (including phenoxy) is 1. The minimum Gasteiger partial charge on any atom is -0.395 e. The zero-order valence-corrected chi connectivity index (χ0v) is 4.29. The molecule has 0 amide bonds. The zero-order chi connectivity index (χ0) is 6.41. The molecule has 0 unspecified atom stereocenters. The van der Waals surface area contributed by atoms with Crippen LogP contribution in [0.2, 0.25) is 0 Å². The molecule has 0 rings (SSSR count). The lowest BCUT2D eigenvalue weighted by Crippen LogP contribution is -1.99. The molecule has 3 nitrogen and oxygen atoms in total. The Balaban J connectivity index is 3.32. The van der Waals surface area contributed by atoms with Crippen molar-refractivity contribution < 1.29 is 14.3 Å². The monoisotopic (exact) mass is 114 g/mol. The van der Waals surface area contributed by atoms with Crippen LogP contribution in [0.5, 0.6) is 0 Å². The van der Waals surface area contributed by atoms with Crippen molar-refractivity contribution in [1.29, 1.82) is 0 Å². The van der Waals surface area contributed by atoms with Gasteiger partial charge >= 0.3 is 12.4 Å². The molecule has 0 aromatic carbocycles. The molecule has 0 heterocycles. The van der Waals surface area contributed by atoms with Crippen LogP contribution in [-0.2, 0) is 14.3 Å². The maximum atomic E-state index is 10.1. The summed E-state index contributed by atoms with van der Waals surface area (Å²) in [6, 6.07) is 0. The quantitative estimate of drug-likeness (QED) is 0.229. The number of carbonyl (C=O) groups excluding carboxylic acids is 2. The number of hydrogen-bond acceptors (Lipinski definition) is 3. The fourth-order valence-corrected chi connectivity index (χ4v) is 0.220. The van der Waals surface area contributed by atoms with Gasteiger partial charge in [0, 0.05) is 0 Å². The van der Waals surface area contributed by atoms with Crippen molar-refractivity contribution in [1.82, 2.24) is 0 Å². The van der Waals surface area contributed by atoms with Crippen LogP contribution in [0.4, 0.5) is 0 Å². The van der Waals surface area contributed by atoms with Gasteiger partial charge in [-0.05, 0) is 0 Å². The molecule has 0 aliphatic heterocycles. The molecule has 0 bridgehead atoms. The summed E-state index contributed by atoms with van der Waals surface area (Å²) in [6.07, 6.45) is 1.45. The van der Waals surface area contributed by atoms with Gasteiger partial charge in [0.1, 0.15) is 0 Å².